The lowest BCUT2D eigenvalue weighted by Crippen LogP contribution is -2.37. The summed E-state index contributed by atoms with van der Waals surface area (Å²) in [6.45, 7) is 1.22. The molecule has 1 aliphatic heterocycles. The highest BCUT2D eigenvalue weighted by molar-refractivity contribution is 6.30. The Morgan fingerprint density at radius 3 is 2.85 bits per heavy atom. The van der Waals surface area contributed by atoms with Crippen LogP contribution >= 0.6 is 11.6 Å². The number of aliphatic hydroxyl groups is 1. The molecule has 0 saturated heterocycles. The fourth-order valence-corrected chi connectivity index (χ4v) is 3.20. The third-order valence-electron chi connectivity index (χ3n) is 4.15. The van der Waals surface area contributed by atoms with Gasteiger partial charge in [-0.25, -0.2) is 0 Å². The van der Waals surface area contributed by atoms with Gasteiger partial charge < -0.3 is 15.2 Å². The summed E-state index contributed by atoms with van der Waals surface area (Å²) in [5.74, 6) is 0.765. The van der Waals surface area contributed by atoms with Crippen LogP contribution in [0.4, 0.5) is 5.82 Å². The van der Waals surface area contributed by atoms with Crippen molar-refractivity contribution in [1.82, 2.24) is 10.2 Å². The molecule has 0 spiro atoms. The van der Waals surface area contributed by atoms with Crippen molar-refractivity contribution in [3.63, 3.8) is 0 Å². The molecule has 5 nitrogen and oxygen atoms in total. The van der Waals surface area contributed by atoms with E-state index in [2.05, 4.69) is 15.5 Å². The van der Waals surface area contributed by atoms with E-state index in [4.69, 9.17) is 16.3 Å². The van der Waals surface area contributed by atoms with Gasteiger partial charge >= 0.3 is 0 Å². The second-order valence-corrected chi connectivity index (χ2v) is 5.91. The molecular weight excluding hydrogens is 278 g/mol. The van der Waals surface area contributed by atoms with Crippen LogP contribution in [0.1, 0.15) is 43.2 Å². The fraction of sp³-hybridized carbons (Fsp3) is 0.714. The average Bonchev–Trinajstić information content (AvgIpc) is 2.71. The van der Waals surface area contributed by atoms with Crippen LogP contribution in [0.2, 0.25) is 5.15 Å². The number of halogens is 1. The lowest BCUT2D eigenvalue weighted by molar-refractivity contribution is 0.116. The van der Waals surface area contributed by atoms with Crippen molar-refractivity contribution in [2.24, 2.45) is 0 Å². The highest BCUT2D eigenvalue weighted by atomic mass is 35.5. The SMILES string of the molecule is O[C@@H]1CCCC[C@H]1Nc1nnc(Cl)c2c1CCCOC2. The Kier molecular flexibility index (Phi) is 4.38. The molecule has 0 radical (unpaired) electrons. The van der Waals surface area contributed by atoms with Gasteiger partial charge in [0, 0.05) is 17.7 Å². The molecule has 20 heavy (non-hydrogen) atoms. The predicted molar refractivity (Wildman–Crippen MR) is 76.9 cm³/mol. The maximum Gasteiger partial charge on any atom is 0.157 e. The van der Waals surface area contributed by atoms with Gasteiger partial charge in [-0.05, 0) is 25.7 Å². The van der Waals surface area contributed by atoms with E-state index in [1.807, 2.05) is 0 Å². The molecule has 1 aromatic rings. The number of aromatic nitrogens is 2. The van der Waals surface area contributed by atoms with Crippen LogP contribution < -0.4 is 5.32 Å². The van der Waals surface area contributed by atoms with E-state index in [1.165, 1.54) is 0 Å². The van der Waals surface area contributed by atoms with Gasteiger partial charge in [-0.1, -0.05) is 24.4 Å². The second-order valence-electron chi connectivity index (χ2n) is 5.56. The number of ether oxygens (including phenoxy) is 1. The topological polar surface area (TPSA) is 67.3 Å². The Morgan fingerprint density at radius 1 is 1.15 bits per heavy atom. The van der Waals surface area contributed by atoms with Crippen LogP contribution in [0, 0.1) is 0 Å². The molecule has 6 heteroatoms. The van der Waals surface area contributed by atoms with Gasteiger partial charge in [-0.3, -0.25) is 0 Å². The molecule has 0 unspecified atom stereocenters. The molecule has 1 aromatic heterocycles. The molecule has 2 N–H and O–H groups in total. The summed E-state index contributed by atoms with van der Waals surface area (Å²) in [6, 6.07) is 0.0625. The van der Waals surface area contributed by atoms with Crippen molar-refractivity contribution in [2.75, 3.05) is 11.9 Å². The van der Waals surface area contributed by atoms with Gasteiger partial charge in [0.1, 0.15) is 0 Å². The molecule has 110 valence electrons. The lowest BCUT2D eigenvalue weighted by Gasteiger charge is -2.29. The monoisotopic (exact) mass is 297 g/mol. The Balaban J connectivity index is 1.85. The Labute approximate surface area is 123 Å². The molecule has 2 atom stereocenters. The Morgan fingerprint density at radius 2 is 2.00 bits per heavy atom. The van der Waals surface area contributed by atoms with E-state index < -0.39 is 0 Å². The van der Waals surface area contributed by atoms with Gasteiger partial charge in [0.2, 0.25) is 0 Å². The zero-order valence-corrected chi connectivity index (χ0v) is 12.2. The third-order valence-corrected chi connectivity index (χ3v) is 4.45. The molecule has 3 rings (SSSR count). The first-order chi connectivity index (χ1) is 9.75. The summed E-state index contributed by atoms with van der Waals surface area (Å²) in [7, 11) is 0. The van der Waals surface area contributed by atoms with Crippen molar-refractivity contribution < 1.29 is 9.84 Å². The number of rotatable bonds is 2. The minimum absolute atomic E-state index is 0.0625. The fourth-order valence-electron chi connectivity index (χ4n) is 2.99. The number of hydrogen-bond acceptors (Lipinski definition) is 5. The van der Waals surface area contributed by atoms with Gasteiger partial charge in [-0.15, -0.1) is 10.2 Å². The average molecular weight is 298 g/mol. The summed E-state index contributed by atoms with van der Waals surface area (Å²) in [5, 5.41) is 22.1. The Bertz CT molecular complexity index is 484. The molecule has 1 aliphatic carbocycles. The minimum Gasteiger partial charge on any atom is -0.391 e. The van der Waals surface area contributed by atoms with Crippen molar-refractivity contribution in [3.05, 3.63) is 16.3 Å². The standard InChI is InChI=1S/C14H20ClN3O2/c15-13-10-8-20-7-3-4-9(10)14(18-17-13)16-11-5-1-2-6-12(11)19/h11-12,19H,1-8H2,(H,16,18)/t11-,12-/m1/s1. The van der Waals surface area contributed by atoms with Crippen LogP contribution in [0.3, 0.4) is 0 Å². The molecule has 0 bridgehead atoms. The number of hydrogen-bond donors (Lipinski definition) is 2. The third kappa shape index (κ3) is 2.90. The first kappa shape index (κ1) is 14.0. The summed E-state index contributed by atoms with van der Waals surface area (Å²) < 4.78 is 5.54. The zero-order chi connectivity index (χ0) is 13.9. The van der Waals surface area contributed by atoms with Crippen LogP contribution in [0.15, 0.2) is 0 Å². The van der Waals surface area contributed by atoms with Crippen molar-refractivity contribution in [1.29, 1.82) is 0 Å². The number of aliphatic hydroxyl groups excluding tert-OH is 1. The zero-order valence-electron chi connectivity index (χ0n) is 11.4. The normalized spacial score (nSPS) is 26.7. The molecule has 0 amide bonds. The van der Waals surface area contributed by atoms with Crippen LogP contribution in [-0.4, -0.2) is 34.1 Å². The number of anilines is 1. The van der Waals surface area contributed by atoms with Gasteiger partial charge in [0.25, 0.3) is 0 Å². The maximum atomic E-state index is 10.1. The number of nitrogens with zero attached hydrogens (tertiary/aromatic N) is 2. The predicted octanol–water partition coefficient (Wildman–Crippen LogP) is 2.31. The van der Waals surface area contributed by atoms with Crippen LogP contribution in [-0.2, 0) is 17.8 Å². The molecule has 1 saturated carbocycles. The minimum atomic E-state index is -0.307. The Hall–Kier alpha value is -0.910. The van der Waals surface area contributed by atoms with Crippen LogP contribution in [0.25, 0.3) is 0 Å². The molecule has 1 fully saturated rings. The molecular formula is C14H20ClN3O2. The smallest absolute Gasteiger partial charge is 0.157 e. The summed E-state index contributed by atoms with van der Waals surface area (Å²) >= 11 is 6.13. The van der Waals surface area contributed by atoms with Gasteiger partial charge in [-0.2, -0.15) is 0 Å². The molecule has 0 aromatic carbocycles. The molecule has 2 heterocycles. The van der Waals surface area contributed by atoms with Crippen molar-refractivity contribution in [3.8, 4) is 0 Å². The summed E-state index contributed by atoms with van der Waals surface area (Å²) in [5.41, 5.74) is 2.03. The highest BCUT2D eigenvalue weighted by Crippen LogP contribution is 2.29. The van der Waals surface area contributed by atoms with Crippen molar-refractivity contribution in [2.45, 2.75) is 57.3 Å². The van der Waals surface area contributed by atoms with E-state index in [1.54, 1.807) is 0 Å². The second kappa shape index (κ2) is 6.24. The number of fused-ring (bicyclic) bond motifs is 1. The van der Waals surface area contributed by atoms with E-state index >= 15 is 0 Å². The van der Waals surface area contributed by atoms with Crippen molar-refractivity contribution >= 4 is 17.4 Å². The van der Waals surface area contributed by atoms with E-state index in [0.29, 0.717) is 11.8 Å². The van der Waals surface area contributed by atoms with Gasteiger partial charge in [0.05, 0.1) is 18.8 Å². The summed E-state index contributed by atoms with van der Waals surface area (Å²) in [6.07, 6.45) is 5.59. The van der Waals surface area contributed by atoms with E-state index in [-0.39, 0.29) is 12.1 Å². The number of nitrogens with one attached hydrogen (secondary N) is 1. The first-order valence-corrected chi connectivity index (χ1v) is 7.70. The molecule has 2 aliphatic rings. The first-order valence-electron chi connectivity index (χ1n) is 7.32. The van der Waals surface area contributed by atoms with Crippen LogP contribution in [0.5, 0.6) is 0 Å². The van der Waals surface area contributed by atoms with E-state index in [0.717, 1.165) is 62.1 Å². The van der Waals surface area contributed by atoms with Gasteiger partial charge in [0.15, 0.2) is 11.0 Å². The highest BCUT2D eigenvalue weighted by Gasteiger charge is 2.25. The summed E-state index contributed by atoms with van der Waals surface area (Å²) in [4.78, 5) is 0. The quantitative estimate of drug-likeness (QED) is 0.877. The lowest BCUT2D eigenvalue weighted by atomic mass is 9.92. The van der Waals surface area contributed by atoms with E-state index in [9.17, 15) is 5.11 Å². The maximum absolute atomic E-state index is 10.1. The largest absolute Gasteiger partial charge is 0.391 e.